The third-order valence-electron chi connectivity index (χ3n) is 2.89. The lowest BCUT2D eigenvalue weighted by atomic mass is 10.2. The van der Waals surface area contributed by atoms with Gasteiger partial charge in [-0.25, -0.2) is 0 Å². The Hall–Kier alpha value is -2.90. The van der Waals surface area contributed by atoms with Crippen molar-refractivity contribution < 1.29 is 18.8 Å². The van der Waals surface area contributed by atoms with Crippen molar-refractivity contribution in [2.45, 2.75) is 27.4 Å². The van der Waals surface area contributed by atoms with E-state index in [-0.39, 0.29) is 24.2 Å². The summed E-state index contributed by atoms with van der Waals surface area (Å²) < 4.78 is 10.5. The first kappa shape index (κ1) is 17.5. The highest BCUT2D eigenvalue weighted by molar-refractivity contribution is 5.90. The van der Waals surface area contributed by atoms with E-state index >= 15 is 0 Å². The summed E-state index contributed by atoms with van der Waals surface area (Å²) in [6.07, 6.45) is 0. The Morgan fingerprint density at radius 1 is 1.29 bits per heavy atom. The highest BCUT2D eigenvalue weighted by Gasteiger charge is 2.16. The second-order valence-electron chi connectivity index (χ2n) is 5.59. The van der Waals surface area contributed by atoms with E-state index in [0.717, 1.165) is 0 Å². The topological polar surface area (TPSA) is 106 Å². The maximum Gasteiger partial charge on any atom is 0.316 e. The van der Waals surface area contributed by atoms with Crippen LogP contribution in [0.15, 0.2) is 28.8 Å². The lowest BCUT2D eigenvalue weighted by Crippen LogP contribution is -2.27. The number of hydrogen-bond acceptors (Lipinski definition) is 6. The van der Waals surface area contributed by atoms with Gasteiger partial charge in [0.1, 0.15) is 5.75 Å². The van der Waals surface area contributed by atoms with Crippen LogP contribution in [-0.4, -0.2) is 28.5 Å². The number of amides is 2. The fourth-order valence-electron chi connectivity index (χ4n) is 1.80. The minimum Gasteiger partial charge on any atom is -0.483 e. The number of rotatable bonds is 7. The molecule has 24 heavy (non-hydrogen) atoms. The Labute approximate surface area is 139 Å². The van der Waals surface area contributed by atoms with E-state index in [0.29, 0.717) is 23.9 Å². The van der Waals surface area contributed by atoms with Crippen molar-refractivity contribution in [2.75, 3.05) is 11.9 Å². The van der Waals surface area contributed by atoms with Gasteiger partial charge in [-0.2, -0.15) is 4.98 Å². The smallest absolute Gasteiger partial charge is 0.316 e. The van der Waals surface area contributed by atoms with Gasteiger partial charge in [-0.05, 0) is 18.1 Å². The number of nitrogens with one attached hydrogen (secondary N) is 2. The number of nitrogens with zero attached hydrogens (tertiary/aromatic N) is 2. The molecular weight excluding hydrogens is 312 g/mol. The van der Waals surface area contributed by atoms with E-state index in [1.165, 1.54) is 6.92 Å². The van der Waals surface area contributed by atoms with Crippen LogP contribution in [-0.2, 0) is 11.4 Å². The zero-order valence-corrected chi connectivity index (χ0v) is 13.8. The zero-order valence-electron chi connectivity index (χ0n) is 13.8. The standard InChI is InChI=1S/C16H20N4O4/c1-10(2)8-17-15(22)16-19-14(20-24-16)9-23-13-7-5-4-6-12(13)18-11(3)21/h4-7,10H,8-9H2,1-3H3,(H,17,22)(H,18,21). The summed E-state index contributed by atoms with van der Waals surface area (Å²) >= 11 is 0. The summed E-state index contributed by atoms with van der Waals surface area (Å²) in [7, 11) is 0. The molecule has 2 rings (SSSR count). The van der Waals surface area contributed by atoms with E-state index in [1.807, 2.05) is 13.8 Å². The molecule has 0 fully saturated rings. The van der Waals surface area contributed by atoms with Gasteiger partial charge >= 0.3 is 11.8 Å². The zero-order chi connectivity index (χ0) is 17.5. The number of benzene rings is 1. The van der Waals surface area contributed by atoms with Gasteiger partial charge in [-0.1, -0.05) is 31.1 Å². The molecule has 0 atom stereocenters. The van der Waals surface area contributed by atoms with Crippen LogP contribution in [0.1, 0.15) is 37.3 Å². The number of aromatic nitrogens is 2. The number of carbonyl (C=O) groups excluding carboxylic acids is 2. The quantitative estimate of drug-likeness (QED) is 0.803. The molecule has 1 aromatic carbocycles. The van der Waals surface area contributed by atoms with Gasteiger partial charge in [0.2, 0.25) is 11.7 Å². The number of hydrogen-bond donors (Lipinski definition) is 2. The van der Waals surface area contributed by atoms with Crippen molar-refractivity contribution in [3.8, 4) is 5.75 Å². The molecule has 0 spiro atoms. The summed E-state index contributed by atoms with van der Waals surface area (Å²) in [6.45, 7) is 5.92. The van der Waals surface area contributed by atoms with Gasteiger partial charge in [0.15, 0.2) is 6.61 Å². The third-order valence-corrected chi connectivity index (χ3v) is 2.89. The van der Waals surface area contributed by atoms with Crippen LogP contribution >= 0.6 is 0 Å². The average molecular weight is 332 g/mol. The molecule has 128 valence electrons. The molecule has 2 N–H and O–H groups in total. The van der Waals surface area contributed by atoms with Crippen LogP contribution < -0.4 is 15.4 Å². The van der Waals surface area contributed by atoms with Crippen molar-refractivity contribution >= 4 is 17.5 Å². The normalized spacial score (nSPS) is 10.5. The Kier molecular flexibility index (Phi) is 5.89. The Bertz CT molecular complexity index is 712. The summed E-state index contributed by atoms with van der Waals surface area (Å²) in [4.78, 5) is 27.0. The lowest BCUT2D eigenvalue weighted by Gasteiger charge is -2.09. The number of carbonyl (C=O) groups is 2. The summed E-state index contributed by atoms with van der Waals surface area (Å²) in [6, 6.07) is 6.99. The minimum atomic E-state index is -0.416. The van der Waals surface area contributed by atoms with Crippen molar-refractivity contribution in [2.24, 2.45) is 5.92 Å². The molecule has 0 aliphatic heterocycles. The van der Waals surface area contributed by atoms with Gasteiger partial charge < -0.3 is 19.9 Å². The number of ether oxygens (including phenoxy) is 1. The molecule has 2 aromatic rings. The molecule has 8 heteroatoms. The third kappa shape index (κ3) is 5.08. The molecule has 0 aliphatic rings. The van der Waals surface area contributed by atoms with Crippen LogP contribution in [0.5, 0.6) is 5.75 Å². The molecule has 0 aliphatic carbocycles. The first-order valence-electron chi connectivity index (χ1n) is 7.56. The van der Waals surface area contributed by atoms with Crippen LogP contribution in [0.4, 0.5) is 5.69 Å². The van der Waals surface area contributed by atoms with Crippen molar-refractivity contribution in [1.29, 1.82) is 0 Å². The SMILES string of the molecule is CC(=O)Nc1ccccc1OCc1noc(C(=O)NCC(C)C)n1. The first-order valence-corrected chi connectivity index (χ1v) is 7.56. The van der Waals surface area contributed by atoms with Gasteiger partial charge in [0.25, 0.3) is 0 Å². The second kappa shape index (κ2) is 8.09. The molecule has 0 unspecified atom stereocenters. The van der Waals surface area contributed by atoms with Crippen molar-refractivity contribution in [1.82, 2.24) is 15.5 Å². The molecule has 8 nitrogen and oxygen atoms in total. The van der Waals surface area contributed by atoms with E-state index in [2.05, 4.69) is 20.8 Å². The predicted octanol–water partition coefficient (Wildman–Crippen LogP) is 1.99. The fourth-order valence-corrected chi connectivity index (χ4v) is 1.80. The molecule has 2 amide bonds. The van der Waals surface area contributed by atoms with Crippen molar-refractivity contribution in [3.05, 3.63) is 36.0 Å². The fraction of sp³-hybridized carbons (Fsp3) is 0.375. The molecule has 0 bridgehead atoms. The largest absolute Gasteiger partial charge is 0.483 e. The van der Waals surface area contributed by atoms with E-state index in [1.54, 1.807) is 24.3 Å². The summed E-state index contributed by atoms with van der Waals surface area (Å²) in [5.41, 5.74) is 0.545. The Morgan fingerprint density at radius 2 is 2.04 bits per heavy atom. The monoisotopic (exact) mass is 332 g/mol. The summed E-state index contributed by atoms with van der Waals surface area (Å²) in [5, 5.41) is 9.07. The van der Waals surface area contributed by atoms with Crippen LogP contribution in [0.25, 0.3) is 0 Å². The molecule has 1 heterocycles. The predicted molar refractivity (Wildman–Crippen MR) is 86.5 cm³/mol. The maximum absolute atomic E-state index is 11.8. The van der Waals surface area contributed by atoms with E-state index in [4.69, 9.17) is 9.26 Å². The Morgan fingerprint density at radius 3 is 2.75 bits per heavy atom. The maximum atomic E-state index is 11.8. The molecule has 0 saturated heterocycles. The first-order chi connectivity index (χ1) is 11.5. The van der Waals surface area contributed by atoms with Gasteiger partial charge in [-0.15, -0.1) is 0 Å². The van der Waals surface area contributed by atoms with E-state index < -0.39 is 5.91 Å². The molecule has 0 radical (unpaired) electrons. The Balaban J connectivity index is 1.96. The van der Waals surface area contributed by atoms with Gasteiger partial charge in [-0.3, -0.25) is 9.59 Å². The van der Waals surface area contributed by atoms with Crippen LogP contribution in [0.3, 0.4) is 0 Å². The average Bonchev–Trinajstić information content (AvgIpc) is 3.00. The van der Waals surface area contributed by atoms with Crippen LogP contribution in [0.2, 0.25) is 0 Å². The lowest BCUT2D eigenvalue weighted by molar-refractivity contribution is -0.114. The molecule has 0 saturated carbocycles. The van der Waals surface area contributed by atoms with E-state index in [9.17, 15) is 9.59 Å². The highest BCUT2D eigenvalue weighted by Crippen LogP contribution is 2.24. The van der Waals surface area contributed by atoms with Crippen LogP contribution in [0, 0.1) is 5.92 Å². The molecule has 1 aromatic heterocycles. The second-order valence-corrected chi connectivity index (χ2v) is 5.59. The number of para-hydroxylation sites is 2. The summed E-state index contributed by atoms with van der Waals surface area (Å²) in [5.74, 6) is 0.316. The highest BCUT2D eigenvalue weighted by atomic mass is 16.5. The van der Waals surface area contributed by atoms with Gasteiger partial charge in [0.05, 0.1) is 5.69 Å². The minimum absolute atomic E-state index is 0.0115. The van der Waals surface area contributed by atoms with Gasteiger partial charge in [0, 0.05) is 13.5 Å². The number of anilines is 1. The molecular formula is C16H20N4O4. The van der Waals surface area contributed by atoms with Crippen molar-refractivity contribution in [3.63, 3.8) is 0 Å².